The molecular weight excluding hydrogens is 350 g/mol. The van der Waals surface area contributed by atoms with Gasteiger partial charge in [-0.15, -0.1) is 11.3 Å². The minimum atomic E-state index is 0.776. The van der Waals surface area contributed by atoms with Crippen molar-refractivity contribution in [2.75, 3.05) is 12.4 Å². The second kappa shape index (κ2) is 7.00. The first kappa shape index (κ1) is 15.7. The van der Waals surface area contributed by atoms with Crippen LogP contribution in [0.25, 0.3) is 21.3 Å². The minimum Gasteiger partial charge on any atom is -0.340 e. The molecule has 0 aliphatic heterocycles. The van der Waals surface area contributed by atoms with Gasteiger partial charge in [0.1, 0.15) is 12.2 Å². The molecular formula is C18H15N5S2. The van der Waals surface area contributed by atoms with Gasteiger partial charge in [0, 0.05) is 44.9 Å². The number of thiophene rings is 2. The molecule has 5 nitrogen and oxygen atoms in total. The van der Waals surface area contributed by atoms with Crippen LogP contribution < -0.4 is 5.32 Å². The highest BCUT2D eigenvalue weighted by Crippen LogP contribution is 2.32. The Morgan fingerprint density at radius 1 is 1.28 bits per heavy atom. The molecule has 0 saturated heterocycles. The molecule has 0 bridgehead atoms. The number of nitrogens with one attached hydrogen (secondary N) is 2. The number of nitrogens with zero attached hydrogens (tertiary/aromatic N) is 3. The van der Waals surface area contributed by atoms with E-state index >= 15 is 0 Å². The van der Waals surface area contributed by atoms with Crippen LogP contribution in [0.15, 0.2) is 62.7 Å². The first-order valence-electron chi connectivity index (χ1n) is 7.64. The third-order valence-electron chi connectivity index (χ3n) is 3.71. The van der Waals surface area contributed by atoms with E-state index in [9.17, 15) is 0 Å². The average molecular weight is 365 g/mol. The Labute approximate surface area is 152 Å². The Balaban J connectivity index is 1.73. The number of hydrogen-bond donors (Lipinski definition) is 2. The summed E-state index contributed by atoms with van der Waals surface area (Å²) < 4.78 is 0. The maximum Gasteiger partial charge on any atom is 0.140 e. The van der Waals surface area contributed by atoms with Crippen molar-refractivity contribution in [1.29, 1.82) is 0 Å². The molecule has 0 radical (unpaired) electrons. The second-order valence-electron chi connectivity index (χ2n) is 5.32. The fraction of sp³-hybridized carbons (Fsp3) is 0.0556. The summed E-state index contributed by atoms with van der Waals surface area (Å²) in [4.78, 5) is 9.75. The van der Waals surface area contributed by atoms with E-state index in [0.717, 1.165) is 28.0 Å². The van der Waals surface area contributed by atoms with Gasteiger partial charge in [0.05, 0.1) is 11.7 Å². The maximum atomic E-state index is 4.52. The zero-order valence-corrected chi connectivity index (χ0v) is 15.1. The molecule has 0 spiro atoms. The molecule has 0 fully saturated rings. The standard InChI is InChI=1S/C18H15N5S2/c1-19-11-20-18(15-10-24-9-14(15)17-3-2-6-25-17)22-13-4-5-16-12(7-13)8-21-23-16/h2-11H,1H3,(H,21,23)(H,19,20,22). The lowest BCUT2D eigenvalue weighted by atomic mass is 10.1. The molecule has 124 valence electrons. The van der Waals surface area contributed by atoms with E-state index in [4.69, 9.17) is 0 Å². The Morgan fingerprint density at radius 3 is 3.08 bits per heavy atom. The number of aromatic amines is 1. The molecule has 0 atom stereocenters. The Kier molecular flexibility index (Phi) is 4.41. The number of aromatic nitrogens is 2. The topological polar surface area (TPSA) is 65.4 Å². The molecule has 25 heavy (non-hydrogen) atoms. The predicted molar refractivity (Wildman–Crippen MR) is 108 cm³/mol. The Hall–Kier alpha value is -2.77. The largest absolute Gasteiger partial charge is 0.340 e. The van der Waals surface area contributed by atoms with Crippen molar-refractivity contribution >= 4 is 51.4 Å². The van der Waals surface area contributed by atoms with Crippen molar-refractivity contribution in [3.05, 3.63) is 58.2 Å². The van der Waals surface area contributed by atoms with Gasteiger partial charge in [-0.3, -0.25) is 10.1 Å². The summed E-state index contributed by atoms with van der Waals surface area (Å²) in [6.45, 7) is 0. The van der Waals surface area contributed by atoms with Crippen molar-refractivity contribution in [3.63, 3.8) is 0 Å². The molecule has 0 aliphatic carbocycles. The van der Waals surface area contributed by atoms with Crippen molar-refractivity contribution in [2.24, 2.45) is 9.98 Å². The van der Waals surface area contributed by atoms with E-state index in [0.29, 0.717) is 0 Å². The third kappa shape index (κ3) is 3.24. The number of hydrogen-bond acceptors (Lipinski definition) is 4. The van der Waals surface area contributed by atoms with Gasteiger partial charge in [0.15, 0.2) is 0 Å². The number of aliphatic imine (C=N–C) groups is 2. The highest BCUT2D eigenvalue weighted by molar-refractivity contribution is 7.14. The maximum absolute atomic E-state index is 4.52. The van der Waals surface area contributed by atoms with E-state index in [-0.39, 0.29) is 0 Å². The number of anilines is 1. The van der Waals surface area contributed by atoms with Crippen LogP contribution in [0.1, 0.15) is 5.56 Å². The van der Waals surface area contributed by atoms with Crippen LogP contribution in [-0.4, -0.2) is 29.4 Å². The molecule has 0 aliphatic rings. The first-order chi connectivity index (χ1) is 12.3. The molecule has 2 N–H and O–H groups in total. The van der Waals surface area contributed by atoms with Gasteiger partial charge in [0.25, 0.3) is 0 Å². The number of fused-ring (bicyclic) bond motifs is 1. The smallest absolute Gasteiger partial charge is 0.140 e. The SMILES string of the molecule is CN=CN=C(Nc1ccc2[nH]ncc2c1)c1cscc1-c1cccs1. The molecule has 3 aromatic heterocycles. The van der Waals surface area contributed by atoms with E-state index in [1.54, 1.807) is 36.1 Å². The van der Waals surface area contributed by atoms with E-state index in [1.807, 2.05) is 18.3 Å². The summed E-state index contributed by atoms with van der Waals surface area (Å²) in [6, 6.07) is 10.3. The van der Waals surface area contributed by atoms with Gasteiger partial charge >= 0.3 is 0 Å². The van der Waals surface area contributed by atoms with Crippen molar-refractivity contribution in [1.82, 2.24) is 10.2 Å². The summed E-state index contributed by atoms with van der Waals surface area (Å²) in [7, 11) is 1.71. The molecule has 4 rings (SSSR count). The van der Waals surface area contributed by atoms with Gasteiger partial charge in [0.2, 0.25) is 0 Å². The Bertz CT molecular complexity index is 1040. The van der Waals surface area contributed by atoms with Crippen molar-refractivity contribution in [3.8, 4) is 10.4 Å². The van der Waals surface area contributed by atoms with Crippen LogP contribution in [0.2, 0.25) is 0 Å². The zero-order valence-electron chi connectivity index (χ0n) is 13.4. The molecule has 0 unspecified atom stereocenters. The lowest BCUT2D eigenvalue weighted by Crippen LogP contribution is -2.14. The normalized spacial score (nSPS) is 12.3. The summed E-state index contributed by atoms with van der Waals surface area (Å²) in [5.74, 6) is 0.776. The average Bonchev–Trinajstić information content (AvgIpc) is 3.38. The van der Waals surface area contributed by atoms with Crippen LogP contribution in [0, 0.1) is 0 Å². The van der Waals surface area contributed by atoms with Crippen LogP contribution in [-0.2, 0) is 0 Å². The minimum absolute atomic E-state index is 0.776. The van der Waals surface area contributed by atoms with Crippen LogP contribution in [0.5, 0.6) is 0 Å². The molecule has 4 aromatic rings. The van der Waals surface area contributed by atoms with Crippen LogP contribution in [0.3, 0.4) is 0 Å². The molecule has 3 heterocycles. The van der Waals surface area contributed by atoms with Gasteiger partial charge < -0.3 is 5.32 Å². The lowest BCUT2D eigenvalue weighted by Gasteiger charge is -2.10. The molecule has 7 heteroatoms. The summed E-state index contributed by atoms with van der Waals surface area (Å²) in [5, 5.41) is 17.9. The lowest BCUT2D eigenvalue weighted by molar-refractivity contribution is 1.12. The van der Waals surface area contributed by atoms with Gasteiger partial charge in [-0.05, 0) is 29.6 Å². The highest BCUT2D eigenvalue weighted by Gasteiger charge is 2.13. The van der Waals surface area contributed by atoms with Gasteiger partial charge in [-0.25, -0.2) is 4.99 Å². The van der Waals surface area contributed by atoms with Gasteiger partial charge in [-0.2, -0.15) is 16.4 Å². The van der Waals surface area contributed by atoms with Crippen molar-refractivity contribution < 1.29 is 0 Å². The number of H-pyrrole nitrogens is 1. The van der Waals surface area contributed by atoms with Gasteiger partial charge in [-0.1, -0.05) is 6.07 Å². The van der Waals surface area contributed by atoms with E-state index in [2.05, 4.69) is 59.8 Å². The number of amidine groups is 1. The summed E-state index contributed by atoms with van der Waals surface area (Å²) in [5.41, 5.74) is 4.22. The number of rotatable bonds is 4. The van der Waals surface area contributed by atoms with Crippen LogP contribution >= 0.6 is 22.7 Å². The van der Waals surface area contributed by atoms with Crippen LogP contribution in [0.4, 0.5) is 5.69 Å². The predicted octanol–water partition coefficient (Wildman–Crippen LogP) is 4.87. The second-order valence-corrected chi connectivity index (χ2v) is 7.02. The Morgan fingerprint density at radius 2 is 2.24 bits per heavy atom. The quantitative estimate of drug-likeness (QED) is 0.400. The molecule has 1 aromatic carbocycles. The van der Waals surface area contributed by atoms with E-state index < -0.39 is 0 Å². The fourth-order valence-electron chi connectivity index (χ4n) is 2.54. The highest BCUT2D eigenvalue weighted by atomic mass is 32.1. The fourth-order valence-corrected chi connectivity index (χ4v) is 4.21. The summed E-state index contributed by atoms with van der Waals surface area (Å²) in [6.07, 6.45) is 3.38. The monoisotopic (exact) mass is 365 g/mol. The molecule has 0 amide bonds. The number of benzene rings is 1. The zero-order chi connectivity index (χ0) is 17.1. The third-order valence-corrected chi connectivity index (χ3v) is 5.36. The first-order valence-corrected chi connectivity index (χ1v) is 9.46. The van der Waals surface area contributed by atoms with E-state index in [1.165, 1.54) is 10.4 Å². The summed E-state index contributed by atoms with van der Waals surface area (Å²) >= 11 is 3.39. The molecule has 0 saturated carbocycles. The van der Waals surface area contributed by atoms with Crippen molar-refractivity contribution in [2.45, 2.75) is 0 Å².